The molecule has 0 aliphatic heterocycles. The Balaban J connectivity index is 4.28. The Morgan fingerprint density at radius 1 is 0.955 bits per heavy atom. The number of thioether (sulfide) groups is 2. The molecule has 0 bridgehead atoms. The van der Waals surface area contributed by atoms with Crippen molar-refractivity contribution in [2.45, 2.75) is 69.5 Å². The van der Waals surface area contributed by atoms with Crippen LogP contribution in [0.3, 0.4) is 0 Å². The zero-order valence-corrected chi connectivity index (χ0v) is 16.1. The summed E-state index contributed by atoms with van der Waals surface area (Å²) in [5, 5.41) is -0.314. The molecule has 130 valence electrons. The summed E-state index contributed by atoms with van der Waals surface area (Å²) in [6, 6.07) is 0. The van der Waals surface area contributed by atoms with Gasteiger partial charge in [-0.25, -0.2) is 0 Å². The molecule has 0 amide bonds. The van der Waals surface area contributed by atoms with Crippen LogP contribution in [0, 0.1) is 0 Å². The Morgan fingerprint density at radius 2 is 1.55 bits per heavy atom. The van der Waals surface area contributed by atoms with Gasteiger partial charge in [-0.2, -0.15) is 23.5 Å². The summed E-state index contributed by atoms with van der Waals surface area (Å²) in [7, 11) is 0. The molecule has 22 heavy (non-hydrogen) atoms. The van der Waals surface area contributed by atoms with Gasteiger partial charge in [0.15, 0.2) is 0 Å². The van der Waals surface area contributed by atoms with Crippen LogP contribution in [0.5, 0.6) is 0 Å². The summed E-state index contributed by atoms with van der Waals surface area (Å²) < 4.78 is 10.8. The topological polar surface area (TPSA) is 52.6 Å². The lowest BCUT2D eigenvalue weighted by Crippen LogP contribution is -2.26. The maximum atomic E-state index is 11.9. The maximum Gasteiger partial charge on any atom is 0.319 e. The van der Waals surface area contributed by atoms with Crippen LogP contribution < -0.4 is 0 Å². The van der Waals surface area contributed by atoms with Crippen LogP contribution in [-0.2, 0) is 19.1 Å². The minimum Gasteiger partial charge on any atom is -0.465 e. The summed E-state index contributed by atoms with van der Waals surface area (Å²) in [6.07, 6.45) is 8.29. The lowest BCUT2D eigenvalue weighted by Gasteiger charge is -2.20. The molecule has 0 saturated carbocycles. The highest BCUT2D eigenvalue weighted by molar-refractivity contribution is 8.00. The van der Waals surface area contributed by atoms with Crippen LogP contribution in [0.2, 0.25) is 0 Å². The van der Waals surface area contributed by atoms with E-state index >= 15 is 0 Å². The number of ether oxygens (including phenoxy) is 2. The van der Waals surface area contributed by atoms with Crippen molar-refractivity contribution in [1.82, 2.24) is 0 Å². The Labute approximate surface area is 143 Å². The van der Waals surface area contributed by atoms with Crippen LogP contribution in [0.25, 0.3) is 0 Å². The molecule has 0 heterocycles. The molecular weight excluding hydrogens is 320 g/mol. The minimum atomic E-state index is -0.205. The van der Waals surface area contributed by atoms with Gasteiger partial charge in [-0.3, -0.25) is 9.59 Å². The zero-order chi connectivity index (χ0) is 17.0. The first-order valence-corrected chi connectivity index (χ1v) is 10.5. The van der Waals surface area contributed by atoms with Gasteiger partial charge in [-0.15, -0.1) is 0 Å². The third-order valence-corrected chi connectivity index (χ3v) is 5.27. The summed E-state index contributed by atoms with van der Waals surface area (Å²) in [6.45, 7) is 6.12. The highest BCUT2D eigenvalue weighted by atomic mass is 32.2. The number of carbonyl (C=O) groups excluding carboxylic acids is 2. The van der Waals surface area contributed by atoms with Gasteiger partial charge >= 0.3 is 11.9 Å². The molecule has 0 fully saturated rings. The van der Waals surface area contributed by atoms with Crippen molar-refractivity contribution < 1.29 is 19.1 Å². The number of rotatable bonds is 12. The summed E-state index contributed by atoms with van der Waals surface area (Å²) >= 11 is 2.94. The number of hydrogen-bond donors (Lipinski definition) is 0. The quantitative estimate of drug-likeness (QED) is 0.393. The average Bonchev–Trinajstić information content (AvgIpc) is 2.52. The van der Waals surface area contributed by atoms with Gasteiger partial charge in [0.1, 0.15) is 6.10 Å². The molecule has 0 aromatic rings. The first-order chi connectivity index (χ1) is 10.5. The lowest BCUT2D eigenvalue weighted by molar-refractivity contribution is -0.150. The van der Waals surface area contributed by atoms with E-state index in [0.29, 0.717) is 13.0 Å². The first-order valence-electron chi connectivity index (χ1n) is 7.88. The Hall–Kier alpha value is -0.360. The van der Waals surface area contributed by atoms with E-state index in [1.165, 1.54) is 23.5 Å². The number of hydrogen-bond acceptors (Lipinski definition) is 6. The summed E-state index contributed by atoms with van der Waals surface area (Å²) in [5.74, 6) is -0.388. The molecule has 0 saturated heterocycles. The van der Waals surface area contributed by atoms with Crippen molar-refractivity contribution in [3.63, 3.8) is 0 Å². The van der Waals surface area contributed by atoms with Crippen molar-refractivity contribution in [3.05, 3.63) is 0 Å². The number of esters is 2. The molecular formula is C16H30O4S2. The fraction of sp³-hybridized carbons (Fsp3) is 0.875. The molecule has 0 unspecified atom stereocenters. The SMILES string of the molecule is CCCCC[C@H](CCOC(=O)[C@@H](C)SC)OC(=O)[C@@H](C)SC. The summed E-state index contributed by atoms with van der Waals surface area (Å²) in [4.78, 5) is 23.6. The van der Waals surface area contributed by atoms with Gasteiger partial charge < -0.3 is 9.47 Å². The molecule has 0 aromatic heterocycles. The fourth-order valence-electron chi connectivity index (χ4n) is 1.75. The maximum absolute atomic E-state index is 11.9. The smallest absolute Gasteiger partial charge is 0.319 e. The molecule has 0 spiro atoms. The van der Waals surface area contributed by atoms with Crippen LogP contribution in [0.15, 0.2) is 0 Å². The van der Waals surface area contributed by atoms with Gasteiger partial charge in [-0.1, -0.05) is 19.8 Å². The molecule has 0 rings (SSSR count). The third kappa shape index (κ3) is 9.62. The van der Waals surface area contributed by atoms with Crippen LogP contribution in [0.4, 0.5) is 0 Å². The number of unbranched alkanes of at least 4 members (excludes halogenated alkanes) is 2. The third-order valence-electron chi connectivity index (χ3n) is 3.47. The number of carbonyl (C=O) groups is 2. The van der Waals surface area contributed by atoms with E-state index in [1.807, 2.05) is 26.4 Å². The second-order valence-electron chi connectivity index (χ2n) is 5.27. The van der Waals surface area contributed by atoms with Crippen molar-refractivity contribution in [2.24, 2.45) is 0 Å². The fourth-order valence-corrected chi connectivity index (χ4v) is 2.25. The highest BCUT2D eigenvalue weighted by Gasteiger charge is 2.20. The van der Waals surface area contributed by atoms with E-state index < -0.39 is 0 Å². The van der Waals surface area contributed by atoms with Gasteiger partial charge in [0.05, 0.1) is 17.1 Å². The molecule has 0 aliphatic rings. The Kier molecular flexibility index (Phi) is 12.9. The van der Waals surface area contributed by atoms with Crippen LogP contribution in [0.1, 0.15) is 52.9 Å². The molecule has 4 nitrogen and oxygen atoms in total. The van der Waals surface area contributed by atoms with E-state index in [9.17, 15) is 9.59 Å². The monoisotopic (exact) mass is 350 g/mol. The zero-order valence-electron chi connectivity index (χ0n) is 14.4. The molecule has 6 heteroatoms. The van der Waals surface area contributed by atoms with Crippen molar-refractivity contribution in [2.75, 3.05) is 19.1 Å². The highest BCUT2D eigenvalue weighted by Crippen LogP contribution is 2.15. The standard InChI is InChI=1S/C16H30O4S2/c1-6-7-8-9-14(20-16(18)13(3)22-5)10-11-19-15(17)12(2)21-4/h12-14H,6-11H2,1-5H3/t12-,13-,14-/m1/s1. The van der Waals surface area contributed by atoms with E-state index in [-0.39, 0.29) is 28.5 Å². The molecule has 0 aliphatic carbocycles. The van der Waals surface area contributed by atoms with E-state index in [2.05, 4.69) is 6.92 Å². The second kappa shape index (κ2) is 13.1. The van der Waals surface area contributed by atoms with E-state index in [4.69, 9.17) is 9.47 Å². The normalized spacial score (nSPS) is 15.0. The molecule has 0 aromatic carbocycles. The largest absolute Gasteiger partial charge is 0.465 e. The Morgan fingerprint density at radius 3 is 2.09 bits per heavy atom. The predicted molar refractivity (Wildman–Crippen MR) is 95.6 cm³/mol. The van der Waals surface area contributed by atoms with Gasteiger partial charge in [0.2, 0.25) is 0 Å². The second-order valence-corrected chi connectivity index (χ2v) is 7.62. The van der Waals surface area contributed by atoms with Crippen molar-refractivity contribution in [3.8, 4) is 0 Å². The van der Waals surface area contributed by atoms with Gasteiger partial charge in [0, 0.05) is 6.42 Å². The molecule has 3 atom stereocenters. The molecule has 0 radical (unpaired) electrons. The van der Waals surface area contributed by atoms with E-state index in [1.54, 1.807) is 0 Å². The average molecular weight is 351 g/mol. The van der Waals surface area contributed by atoms with Crippen molar-refractivity contribution >= 4 is 35.5 Å². The first kappa shape index (κ1) is 21.6. The van der Waals surface area contributed by atoms with Gasteiger partial charge in [-0.05, 0) is 39.2 Å². The summed E-state index contributed by atoms with van der Waals surface area (Å²) in [5.41, 5.74) is 0. The lowest BCUT2D eigenvalue weighted by atomic mass is 10.1. The van der Waals surface area contributed by atoms with Crippen LogP contribution >= 0.6 is 23.5 Å². The van der Waals surface area contributed by atoms with Crippen molar-refractivity contribution in [1.29, 1.82) is 0 Å². The van der Waals surface area contributed by atoms with Gasteiger partial charge in [0.25, 0.3) is 0 Å². The predicted octanol–water partition coefficient (Wildman–Crippen LogP) is 3.91. The molecule has 0 N–H and O–H groups in total. The Bertz CT molecular complexity index is 323. The minimum absolute atomic E-state index is 0.155. The van der Waals surface area contributed by atoms with Crippen LogP contribution in [-0.4, -0.2) is 47.7 Å². The van der Waals surface area contributed by atoms with E-state index in [0.717, 1.165) is 25.7 Å².